The molecule has 0 saturated carbocycles. The summed E-state index contributed by atoms with van der Waals surface area (Å²) in [5, 5.41) is 11.3. The van der Waals surface area contributed by atoms with Gasteiger partial charge in [-0.3, -0.25) is 4.79 Å². The van der Waals surface area contributed by atoms with Gasteiger partial charge in [0.1, 0.15) is 6.42 Å². The molecule has 0 radical (unpaired) electrons. The minimum absolute atomic E-state index is 0.193. The predicted molar refractivity (Wildman–Crippen MR) is 64.6 cm³/mol. The Labute approximate surface area is 106 Å². The van der Waals surface area contributed by atoms with E-state index in [1.807, 2.05) is 0 Å². The van der Waals surface area contributed by atoms with Crippen molar-refractivity contribution in [3.8, 4) is 11.8 Å². The van der Waals surface area contributed by atoms with Gasteiger partial charge in [0.25, 0.3) is 0 Å². The van der Waals surface area contributed by atoms with E-state index in [4.69, 9.17) is 21.6 Å². The van der Waals surface area contributed by atoms with Crippen molar-refractivity contribution in [3.05, 3.63) is 21.6 Å². The van der Waals surface area contributed by atoms with Gasteiger partial charge >= 0.3 is 0 Å². The summed E-state index contributed by atoms with van der Waals surface area (Å²) in [4.78, 5) is 11.2. The number of carbonyl (C=O) groups excluding carboxylic acids is 1. The average molecular weight is 304 g/mol. The van der Waals surface area contributed by atoms with Gasteiger partial charge in [-0.05, 0) is 28.1 Å². The third kappa shape index (κ3) is 3.12. The third-order valence-corrected chi connectivity index (χ3v) is 2.60. The molecule has 0 unspecified atom stereocenters. The first-order valence-electron chi connectivity index (χ1n) is 4.28. The van der Waals surface area contributed by atoms with Gasteiger partial charge in [-0.2, -0.15) is 5.26 Å². The second kappa shape index (κ2) is 5.73. The molecule has 6 heteroatoms. The zero-order valence-corrected chi connectivity index (χ0v) is 10.7. The highest BCUT2D eigenvalue weighted by molar-refractivity contribution is 9.10. The summed E-state index contributed by atoms with van der Waals surface area (Å²) < 4.78 is 5.67. The fourth-order valence-electron chi connectivity index (χ4n) is 1.10. The van der Waals surface area contributed by atoms with E-state index in [-0.39, 0.29) is 12.3 Å². The normalized spacial score (nSPS) is 9.38. The van der Waals surface area contributed by atoms with Crippen molar-refractivity contribution < 1.29 is 9.53 Å². The number of nitrogens with one attached hydrogen (secondary N) is 1. The molecular weight excluding hydrogens is 295 g/mol. The van der Waals surface area contributed by atoms with Crippen molar-refractivity contribution in [2.24, 2.45) is 0 Å². The first-order valence-corrected chi connectivity index (χ1v) is 5.45. The molecule has 84 valence electrons. The number of hydrogen-bond acceptors (Lipinski definition) is 3. The zero-order chi connectivity index (χ0) is 12.1. The average Bonchev–Trinajstić information content (AvgIpc) is 2.17. The fourth-order valence-corrected chi connectivity index (χ4v) is 2.14. The van der Waals surface area contributed by atoms with Crippen LogP contribution >= 0.6 is 27.5 Å². The van der Waals surface area contributed by atoms with Crippen molar-refractivity contribution in [1.82, 2.24) is 0 Å². The summed E-state index contributed by atoms with van der Waals surface area (Å²) in [6.07, 6.45) is -0.193. The summed E-state index contributed by atoms with van der Waals surface area (Å²) in [6.45, 7) is 0. The molecule has 0 aliphatic carbocycles. The molecule has 0 saturated heterocycles. The van der Waals surface area contributed by atoms with E-state index < -0.39 is 0 Å². The Hall–Kier alpha value is -1.25. The van der Waals surface area contributed by atoms with E-state index in [1.165, 1.54) is 7.11 Å². The maximum atomic E-state index is 11.2. The number of anilines is 1. The largest absolute Gasteiger partial charge is 0.494 e. The summed E-state index contributed by atoms with van der Waals surface area (Å²) in [6, 6.07) is 4.97. The number of halogens is 2. The van der Waals surface area contributed by atoms with Crippen LogP contribution in [0, 0.1) is 11.3 Å². The van der Waals surface area contributed by atoms with Crippen LogP contribution in [-0.2, 0) is 4.79 Å². The number of nitrogens with zero attached hydrogens (tertiary/aromatic N) is 1. The van der Waals surface area contributed by atoms with Crippen molar-refractivity contribution in [1.29, 1.82) is 5.26 Å². The number of nitriles is 1. The summed E-state index contributed by atoms with van der Waals surface area (Å²) in [7, 11) is 1.50. The SMILES string of the molecule is COc1c(Cl)cc(NC(=O)CC#N)cc1Br. The minimum atomic E-state index is -0.379. The molecule has 1 rings (SSSR count). The number of ether oxygens (including phenoxy) is 1. The van der Waals surface area contributed by atoms with Crippen LogP contribution in [0.1, 0.15) is 6.42 Å². The Kier molecular flexibility index (Phi) is 4.59. The molecular formula is C10H8BrClN2O2. The van der Waals surface area contributed by atoms with E-state index >= 15 is 0 Å². The molecule has 0 heterocycles. The second-order valence-electron chi connectivity index (χ2n) is 2.86. The van der Waals surface area contributed by atoms with Crippen LogP contribution in [-0.4, -0.2) is 13.0 Å². The van der Waals surface area contributed by atoms with Crippen LogP contribution in [0.15, 0.2) is 16.6 Å². The molecule has 0 spiro atoms. The summed E-state index contributed by atoms with van der Waals surface area (Å²) in [5.74, 6) is 0.121. The molecule has 16 heavy (non-hydrogen) atoms. The predicted octanol–water partition coefficient (Wildman–Crippen LogP) is 2.96. The number of methoxy groups -OCH3 is 1. The number of benzene rings is 1. The van der Waals surface area contributed by atoms with Gasteiger partial charge in [-0.25, -0.2) is 0 Å². The smallest absolute Gasteiger partial charge is 0.238 e. The Balaban J connectivity index is 2.92. The Morgan fingerprint density at radius 1 is 1.69 bits per heavy atom. The molecule has 1 amide bonds. The lowest BCUT2D eigenvalue weighted by atomic mass is 10.3. The standard InChI is InChI=1S/C10H8BrClN2O2/c1-16-10-7(11)4-6(5-8(10)12)14-9(15)2-3-13/h4-5H,2H2,1H3,(H,14,15). The topological polar surface area (TPSA) is 62.1 Å². The van der Waals surface area contributed by atoms with Crippen LogP contribution < -0.4 is 10.1 Å². The van der Waals surface area contributed by atoms with Gasteiger partial charge in [0.05, 0.1) is 22.7 Å². The van der Waals surface area contributed by atoms with Gasteiger partial charge < -0.3 is 10.1 Å². The Morgan fingerprint density at radius 2 is 2.38 bits per heavy atom. The van der Waals surface area contributed by atoms with E-state index in [0.717, 1.165) is 0 Å². The molecule has 0 aliphatic rings. The quantitative estimate of drug-likeness (QED) is 0.934. The van der Waals surface area contributed by atoms with Crippen molar-refractivity contribution in [2.45, 2.75) is 6.42 Å². The number of amides is 1. The molecule has 0 aliphatic heterocycles. The fraction of sp³-hybridized carbons (Fsp3) is 0.200. The van der Waals surface area contributed by atoms with E-state index in [9.17, 15) is 4.79 Å². The Bertz CT molecular complexity index is 434. The van der Waals surface area contributed by atoms with Crippen LogP contribution in [0.4, 0.5) is 5.69 Å². The van der Waals surface area contributed by atoms with E-state index in [0.29, 0.717) is 20.9 Å². The van der Waals surface area contributed by atoms with E-state index in [2.05, 4.69) is 21.2 Å². The number of hydrogen-bond donors (Lipinski definition) is 1. The zero-order valence-electron chi connectivity index (χ0n) is 8.38. The van der Waals surface area contributed by atoms with Crippen LogP contribution in [0.25, 0.3) is 0 Å². The van der Waals surface area contributed by atoms with Gasteiger partial charge in [-0.15, -0.1) is 0 Å². The van der Waals surface area contributed by atoms with Crippen molar-refractivity contribution >= 4 is 39.1 Å². The second-order valence-corrected chi connectivity index (χ2v) is 4.12. The van der Waals surface area contributed by atoms with Crippen molar-refractivity contribution in [3.63, 3.8) is 0 Å². The summed E-state index contributed by atoms with van der Waals surface area (Å²) >= 11 is 9.19. The highest BCUT2D eigenvalue weighted by Gasteiger charge is 2.09. The maximum Gasteiger partial charge on any atom is 0.238 e. The highest BCUT2D eigenvalue weighted by Crippen LogP contribution is 2.35. The number of carbonyl (C=O) groups is 1. The van der Waals surface area contributed by atoms with Gasteiger partial charge in [0, 0.05) is 5.69 Å². The lowest BCUT2D eigenvalue weighted by Gasteiger charge is -2.09. The van der Waals surface area contributed by atoms with Crippen molar-refractivity contribution in [2.75, 3.05) is 12.4 Å². The lowest BCUT2D eigenvalue weighted by Crippen LogP contribution is -2.10. The molecule has 0 fully saturated rings. The van der Waals surface area contributed by atoms with Crippen LogP contribution in [0.2, 0.25) is 5.02 Å². The van der Waals surface area contributed by atoms with Gasteiger partial charge in [-0.1, -0.05) is 11.6 Å². The van der Waals surface area contributed by atoms with Crippen LogP contribution in [0.3, 0.4) is 0 Å². The lowest BCUT2D eigenvalue weighted by molar-refractivity contribution is -0.115. The molecule has 0 bridgehead atoms. The Morgan fingerprint density at radius 3 is 2.88 bits per heavy atom. The third-order valence-electron chi connectivity index (χ3n) is 1.73. The molecule has 4 nitrogen and oxygen atoms in total. The first kappa shape index (κ1) is 12.8. The van der Waals surface area contributed by atoms with Crippen LogP contribution in [0.5, 0.6) is 5.75 Å². The first-order chi connectivity index (χ1) is 7.58. The molecule has 1 aromatic rings. The van der Waals surface area contributed by atoms with Gasteiger partial charge in [0.15, 0.2) is 5.75 Å². The van der Waals surface area contributed by atoms with E-state index in [1.54, 1.807) is 18.2 Å². The van der Waals surface area contributed by atoms with Gasteiger partial charge in [0.2, 0.25) is 5.91 Å². The molecule has 0 atom stereocenters. The molecule has 0 aromatic heterocycles. The molecule has 1 N–H and O–H groups in total. The molecule has 1 aromatic carbocycles. The monoisotopic (exact) mass is 302 g/mol. The maximum absolute atomic E-state index is 11.2. The highest BCUT2D eigenvalue weighted by atomic mass is 79.9. The number of rotatable bonds is 3. The summed E-state index contributed by atoms with van der Waals surface area (Å²) in [5.41, 5.74) is 0.512. The minimum Gasteiger partial charge on any atom is -0.494 e.